The lowest BCUT2D eigenvalue weighted by molar-refractivity contribution is -0.144. The molecule has 0 unspecified atom stereocenters. The van der Waals surface area contributed by atoms with E-state index in [0.717, 1.165) is 32.5 Å². The van der Waals surface area contributed by atoms with Gasteiger partial charge in [-0.3, -0.25) is 4.79 Å². The molecule has 110 valence electrons. The lowest BCUT2D eigenvalue weighted by Gasteiger charge is -2.30. The highest BCUT2D eigenvalue weighted by Gasteiger charge is 2.20. The van der Waals surface area contributed by atoms with Crippen molar-refractivity contribution < 1.29 is 9.53 Å². The Labute approximate surface area is 114 Å². The van der Waals surface area contributed by atoms with Crippen LogP contribution in [0.5, 0.6) is 0 Å². The van der Waals surface area contributed by atoms with Crippen LogP contribution in [-0.4, -0.2) is 37.1 Å². The van der Waals surface area contributed by atoms with Crippen LogP contribution >= 0.6 is 0 Å². The zero-order chi connectivity index (χ0) is 14.4. The molecule has 0 spiro atoms. The molecule has 0 aliphatic carbocycles. The minimum absolute atomic E-state index is 0.0255. The summed E-state index contributed by atoms with van der Waals surface area (Å²) in [7, 11) is 0. The van der Waals surface area contributed by atoms with Gasteiger partial charge in [0.15, 0.2) is 0 Å². The van der Waals surface area contributed by atoms with Crippen molar-refractivity contribution in [1.29, 1.82) is 0 Å². The molecule has 1 aliphatic heterocycles. The molecule has 1 heterocycles. The van der Waals surface area contributed by atoms with Crippen LogP contribution in [0.15, 0.2) is 0 Å². The fraction of sp³-hybridized carbons (Fsp3) is 0.933. The largest absolute Gasteiger partial charge is 0.466 e. The van der Waals surface area contributed by atoms with Gasteiger partial charge in [0.25, 0.3) is 0 Å². The third-order valence-electron chi connectivity index (χ3n) is 2.92. The van der Waals surface area contributed by atoms with Gasteiger partial charge in [-0.25, -0.2) is 0 Å². The van der Waals surface area contributed by atoms with Crippen molar-refractivity contribution in [2.75, 3.05) is 26.2 Å². The summed E-state index contributed by atoms with van der Waals surface area (Å²) < 4.78 is 4.95. The molecule has 0 aromatic heterocycles. The third-order valence-corrected chi connectivity index (χ3v) is 2.92. The lowest BCUT2D eigenvalue weighted by atomic mass is 9.94. The molecule has 0 saturated carbocycles. The van der Waals surface area contributed by atoms with Crippen LogP contribution in [0.3, 0.4) is 0 Å². The molecule has 0 aromatic carbocycles. The summed E-state index contributed by atoms with van der Waals surface area (Å²) in [6, 6.07) is 0. The van der Waals surface area contributed by atoms with Crippen LogP contribution in [0, 0.1) is 5.92 Å². The molecular formula is C15H33NO2. The molecule has 1 saturated heterocycles. The van der Waals surface area contributed by atoms with Crippen LogP contribution in [0.25, 0.3) is 0 Å². The first-order valence-corrected chi connectivity index (χ1v) is 7.64. The van der Waals surface area contributed by atoms with E-state index in [-0.39, 0.29) is 5.97 Å². The van der Waals surface area contributed by atoms with Gasteiger partial charge < -0.3 is 9.64 Å². The molecule has 1 aliphatic rings. The smallest absolute Gasteiger partial charge is 0.306 e. The zero-order valence-electron chi connectivity index (χ0n) is 13.3. The van der Waals surface area contributed by atoms with Gasteiger partial charge in [0.2, 0.25) is 0 Å². The van der Waals surface area contributed by atoms with E-state index in [1.54, 1.807) is 0 Å². The van der Waals surface area contributed by atoms with Crippen molar-refractivity contribution in [2.24, 2.45) is 5.92 Å². The van der Waals surface area contributed by atoms with Gasteiger partial charge in [-0.1, -0.05) is 34.6 Å². The van der Waals surface area contributed by atoms with Crippen LogP contribution in [0.4, 0.5) is 0 Å². The summed E-state index contributed by atoms with van der Waals surface area (Å²) in [5, 5.41) is 0. The molecule has 0 aromatic rings. The Balaban J connectivity index is 0. The minimum Gasteiger partial charge on any atom is -0.466 e. The van der Waals surface area contributed by atoms with Gasteiger partial charge in [0.1, 0.15) is 0 Å². The maximum absolute atomic E-state index is 11.2. The van der Waals surface area contributed by atoms with Gasteiger partial charge in [-0.2, -0.15) is 0 Å². The second-order valence-electron chi connectivity index (χ2n) is 3.89. The molecule has 0 N–H and O–H groups in total. The molecule has 0 atom stereocenters. The summed E-state index contributed by atoms with van der Waals surface area (Å²) >= 11 is 0. The average molecular weight is 259 g/mol. The van der Waals surface area contributed by atoms with Crippen LogP contribution < -0.4 is 0 Å². The fourth-order valence-corrected chi connectivity index (χ4v) is 1.96. The molecule has 3 heteroatoms. The van der Waals surface area contributed by atoms with Gasteiger partial charge in [0.05, 0.1) is 6.61 Å². The Morgan fingerprint density at radius 1 is 1.11 bits per heavy atom. The van der Waals surface area contributed by atoms with Crippen molar-refractivity contribution in [2.45, 2.75) is 60.8 Å². The second kappa shape index (κ2) is 14.5. The molecule has 0 amide bonds. The first-order chi connectivity index (χ1) is 8.76. The van der Waals surface area contributed by atoms with E-state index in [4.69, 9.17) is 4.74 Å². The highest BCUT2D eigenvalue weighted by Crippen LogP contribution is 2.20. The van der Waals surface area contributed by atoms with Crippen LogP contribution in [0.2, 0.25) is 0 Å². The van der Waals surface area contributed by atoms with E-state index in [1.807, 2.05) is 34.6 Å². The maximum atomic E-state index is 11.2. The Morgan fingerprint density at radius 2 is 1.61 bits per heavy atom. The highest BCUT2D eigenvalue weighted by atomic mass is 16.5. The highest BCUT2D eigenvalue weighted by molar-refractivity contribution is 5.69. The quantitative estimate of drug-likeness (QED) is 0.721. The first-order valence-electron chi connectivity index (χ1n) is 7.64. The SMILES string of the molecule is CC.CC.CCOC(=O)CC1CCN(CC)CC1. The lowest BCUT2D eigenvalue weighted by Crippen LogP contribution is -2.34. The number of hydrogen-bond donors (Lipinski definition) is 0. The summed E-state index contributed by atoms with van der Waals surface area (Å²) in [4.78, 5) is 13.7. The standard InChI is InChI=1S/C11H21NO2.2C2H6/c1-3-12-7-5-10(6-8-12)9-11(13)14-4-2;2*1-2/h10H,3-9H2,1-2H3;2*1-2H3. The third kappa shape index (κ3) is 9.46. The number of esters is 1. The van der Waals surface area contributed by atoms with Crippen molar-refractivity contribution >= 4 is 5.97 Å². The Bertz CT molecular complexity index is 175. The van der Waals surface area contributed by atoms with Crippen LogP contribution in [0.1, 0.15) is 60.8 Å². The Kier molecular flexibility index (Phi) is 15.9. The molecular weight excluding hydrogens is 226 g/mol. The molecule has 1 rings (SSSR count). The van der Waals surface area contributed by atoms with Gasteiger partial charge in [-0.05, 0) is 45.3 Å². The van der Waals surface area contributed by atoms with Crippen molar-refractivity contribution in [3.8, 4) is 0 Å². The Hall–Kier alpha value is -0.570. The summed E-state index contributed by atoms with van der Waals surface area (Å²) in [5.74, 6) is 0.527. The van der Waals surface area contributed by atoms with E-state index in [9.17, 15) is 4.79 Å². The van der Waals surface area contributed by atoms with Crippen LogP contribution in [-0.2, 0) is 9.53 Å². The van der Waals surface area contributed by atoms with Crippen molar-refractivity contribution in [3.63, 3.8) is 0 Å². The number of piperidine rings is 1. The van der Waals surface area contributed by atoms with Gasteiger partial charge in [0, 0.05) is 6.42 Å². The summed E-state index contributed by atoms with van der Waals surface area (Å²) in [5.41, 5.74) is 0. The topological polar surface area (TPSA) is 29.5 Å². The molecule has 0 radical (unpaired) electrons. The van der Waals surface area contributed by atoms with Crippen molar-refractivity contribution in [1.82, 2.24) is 4.90 Å². The molecule has 1 fully saturated rings. The first kappa shape index (κ1) is 19.8. The number of likely N-dealkylation sites (tertiary alicyclic amines) is 1. The fourth-order valence-electron chi connectivity index (χ4n) is 1.96. The number of nitrogens with zero attached hydrogens (tertiary/aromatic N) is 1. The predicted molar refractivity (Wildman–Crippen MR) is 78.8 cm³/mol. The second-order valence-corrected chi connectivity index (χ2v) is 3.89. The van der Waals surface area contributed by atoms with Gasteiger partial charge in [-0.15, -0.1) is 0 Å². The van der Waals surface area contributed by atoms with E-state index in [2.05, 4.69) is 11.8 Å². The summed E-state index contributed by atoms with van der Waals surface area (Å²) in [6.45, 7) is 16.0. The number of carbonyl (C=O) groups excluding carboxylic acids is 1. The molecule has 3 nitrogen and oxygen atoms in total. The van der Waals surface area contributed by atoms with E-state index < -0.39 is 0 Å². The average Bonchev–Trinajstić information content (AvgIpc) is 2.44. The Morgan fingerprint density at radius 3 is 2.00 bits per heavy atom. The minimum atomic E-state index is -0.0255. The van der Waals surface area contributed by atoms with E-state index in [1.165, 1.54) is 0 Å². The number of ether oxygens (including phenoxy) is 1. The van der Waals surface area contributed by atoms with E-state index in [0.29, 0.717) is 18.9 Å². The predicted octanol–water partition coefficient (Wildman–Crippen LogP) is 3.72. The summed E-state index contributed by atoms with van der Waals surface area (Å²) in [6.07, 6.45) is 2.91. The number of rotatable bonds is 4. The number of hydrogen-bond acceptors (Lipinski definition) is 3. The van der Waals surface area contributed by atoms with Gasteiger partial charge >= 0.3 is 5.97 Å². The van der Waals surface area contributed by atoms with E-state index >= 15 is 0 Å². The molecule has 18 heavy (non-hydrogen) atoms. The molecule has 0 bridgehead atoms. The maximum Gasteiger partial charge on any atom is 0.306 e. The monoisotopic (exact) mass is 259 g/mol. The number of carbonyl (C=O) groups is 1. The van der Waals surface area contributed by atoms with Crippen molar-refractivity contribution in [3.05, 3.63) is 0 Å². The zero-order valence-corrected chi connectivity index (χ0v) is 13.3. The normalized spacial score (nSPS) is 15.9.